The summed E-state index contributed by atoms with van der Waals surface area (Å²) in [5.41, 5.74) is 0. The lowest BCUT2D eigenvalue weighted by molar-refractivity contribution is -0.137. The molecule has 1 aliphatic rings. The molecule has 0 aliphatic carbocycles. The van der Waals surface area contributed by atoms with Crippen LogP contribution in [0.3, 0.4) is 0 Å². The number of carboxylic acids is 1. The molecule has 2 atom stereocenters. The van der Waals surface area contributed by atoms with E-state index in [2.05, 4.69) is 10.6 Å². The van der Waals surface area contributed by atoms with E-state index in [1.165, 1.54) is 0 Å². The predicted molar refractivity (Wildman–Crippen MR) is 60.0 cm³/mol. The number of amides is 1. The Morgan fingerprint density at radius 2 is 2.31 bits per heavy atom. The first-order valence-corrected chi connectivity index (χ1v) is 5.80. The minimum absolute atomic E-state index is 0.0895. The van der Waals surface area contributed by atoms with E-state index in [1.54, 1.807) is 0 Å². The lowest BCUT2D eigenvalue weighted by atomic mass is 10.0. The number of carboxylic acid groups (broad SMARTS) is 1. The minimum atomic E-state index is -0.779. The Morgan fingerprint density at radius 1 is 1.56 bits per heavy atom. The van der Waals surface area contributed by atoms with Gasteiger partial charge in [0.2, 0.25) is 5.91 Å². The van der Waals surface area contributed by atoms with E-state index in [4.69, 9.17) is 5.11 Å². The van der Waals surface area contributed by atoms with Crippen molar-refractivity contribution in [3.63, 3.8) is 0 Å². The molecular formula is C11H20N2O3. The van der Waals surface area contributed by atoms with Gasteiger partial charge in [0.25, 0.3) is 0 Å². The maximum absolute atomic E-state index is 11.6. The van der Waals surface area contributed by atoms with Crippen LogP contribution in [0.4, 0.5) is 0 Å². The van der Waals surface area contributed by atoms with E-state index in [0.717, 1.165) is 19.5 Å². The first kappa shape index (κ1) is 13.0. The van der Waals surface area contributed by atoms with Crippen LogP contribution in [0.15, 0.2) is 0 Å². The van der Waals surface area contributed by atoms with Crippen molar-refractivity contribution < 1.29 is 14.7 Å². The highest BCUT2D eigenvalue weighted by Crippen LogP contribution is 2.08. The van der Waals surface area contributed by atoms with Crippen LogP contribution in [0.2, 0.25) is 0 Å². The first-order chi connectivity index (χ1) is 7.59. The number of rotatable bonds is 6. The molecule has 0 spiro atoms. The van der Waals surface area contributed by atoms with Crippen molar-refractivity contribution in [2.24, 2.45) is 11.8 Å². The average Bonchev–Trinajstić information content (AvgIpc) is 2.76. The summed E-state index contributed by atoms with van der Waals surface area (Å²) in [7, 11) is 0. The first-order valence-electron chi connectivity index (χ1n) is 5.80. The summed E-state index contributed by atoms with van der Waals surface area (Å²) in [4.78, 5) is 22.0. The summed E-state index contributed by atoms with van der Waals surface area (Å²) in [6.45, 7) is 4.20. The second kappa shape index (κ2) is 6.48. The van der Waals surface area contributed by atoms with E-state index in [1.807, 2.05) is 6.92 Å². The maximum Gasteiger partial charge on any atom is 0.303 e. The smallest absolute Gasteiger partial charge is 0.303 e. The van der Waals surface area contributed by atoms with Gasteiger partial charge < -0.3 is 15.7 Å². The molecule has 0 bridgehead atoms. The topological polar surface area (TPSA) is 78.4 Å². The zero-order valence-electron chi connectivity index (χ0n) is 9.66. The number of carbonyl (C=O) groups excluding carboxylic acids is 1. The number of hydrogen-bond donors (Lipinski definition) is 3. The average molecular weight is 228 g/mol. The van der Waals surface area contributed by atoms with Crippen LogP contribution >= 0.6 is 0 Å². The van der Waals surface area contributed by atoms with Gasteiger partial charge in [-0.3, -0.25) is 9.59 Å². The molecule has 0 aromatic carbocycles. The fourth-order valence-corrected chi connectivity index (χ4v) is 1.77. The fraction of sp³-hybridized carbons (Fsp3) is 0.818. The molecule has 2 unspecified atom stereocenters. The molecule has 1 rings (SSSR count). The third kappa shape index (κ3) is 4.61. The van der Waals surface area contributed by atoms with Crippen molar-refractivity contribution in [2.45, 2.75) is 26.2 Å². The van der Waals surface area contributed by atoms with E-state index in [9.17, 15) is 9.59 Å². The van der Waals surface area contributed by atoms with Gasteiger partial charge in [0.1, 0.15) is 0 Å². The highest BCUT2D eigenvalue weighted by Gasteiger charge is 2.22. The van der Waals surface area contributed by atoms with Gasteiger partial charge in [0.15, 0.2) is 0 Å². The second-order valence-corrected chi connectivity index (χ2v) is 4.47. The Kier molecular flexibility index (Phi) is 5.25. The molecule has 3 N–H and O–H groups in total. The summed E-state index contributed by atoms with van der Waals surface area (Å²) in [6.07, 6.45) is 1.68. The molecule has 0 radical (unpaired) electrons. The molecule has 16 heavy (non-hydrogen) atoms. The highest BCUT2D eigenvalue weighted by molar-refractivity contribution is 5.79. The quantitative estimate of drug-likeness (QED) is 0.607. The Morgan fingerprint density at radius 3 is 2.88 bits per heavy atom. The monoisotopic (exact) mass is 228 g/mol. The molecule has 92 valence electrons. The summed E-state index contributed by atoms with van der Waals surface area (Å²) >= 11 is 0. The van der Waals surface area contributed by atoms with Gasteiger partial charge >= 0.3 is 5.97 Å². The zero-order valence-corrected chi connectivity index (χ0v) is 9.66. The van der Waals surface area contributed by atoms with Gasteiger partial charge in [-0.25, -0.2) is 0 Å². The predicted octanol–water partition coefficient (Wildman–Crippen LogP) is 0.213. The zero-order chi connectivity index (χ0) is 12.0. The third-order valence-corrected chi connectivity index (χ3v) is 2.91. The van der Waals surface area contributed by atoms with Crippen LogP contribution in [-0.2, 0) is 9.59 Å². The number of aliphatic carboxylic acids is 1. The van der Waals surface area contributed by atoms with Crippen molar-refractivity contribution >= 4 is 11.9 Å². The van der Waals surface area contributed by atoms with Crippen LogP contribution in [0.1, 0.15) is 26.2 Å². The Bertz CT molecular complexity index is 250. The molecule has 0 aromatic heterocycles. The lowest BCUT2D eigenvalue weighted by Crippen LogP contribution is -2.34. The van der Waals surface area contributed by atoms with Crippen molar-refractivity contribution in [2.75, 3.05) is 19.6 Å². The molecule has 5 nitrogen and oxygen atoms in total. The molecule has 1 saturated heterocycles. The lowest BCUT2D eigenvalue weighted by Gasteiger charge is -2.14. The van der Waals surface area contributed by atoms with Crippen LogP contribution in [-0.4, -0.2) is 36.6 Å². The van der Waals surface area contributed by atoms with Crippen LogP contribution in [0.25, 0.3) is 0 Å². The summed E-state index contributed by atoms with van der Waals surface area (Å²) in [6, 6.07) is 0. The standard InChI is InChI=1S/C11H20N2O3/c1-8(2-3-10(14)15)6-13-11(16)9-4-5-12-7-9/h8-9,12H,2-7H2,1H3,(H,13,16)(H,14,15). The summed E-state index contributed by atoms with van der Waals surface area (Å²) in [5, 5.41) is 14.5. The van der Waals surface area contributed by atoms with Gasteiger partial charge in [-0.1, -0.05) is 6.92 Å². The number of hydrogen-bond acceptors (Lipinski definition) is 3. The highest BCUT2D eigenvalue weighted by atomic mass is 16.4. The molecule has 1 fully saturated rings. The Hall–Kier alpha value is -1.10. The molecule has 1 aliphatic heterocycles. The van der Waals surface area contributed by atoms with Gasteiger partial charge in [0, 0.05) is 19.5 Å². The van der Waals surface area contributed by atoms with Gasteiger partial charge in [0.05, 0.1) is 5.92 Å². The molecule has 0 saturated carbocycles. The van der Waals surface area contributed by atoms with Crippen molar-refractivity contribution in [3.8, 4) is 0 Å². The second-order valence-electron chi connectivity index (χ2n) is 4.47. The molecular weight excluding hydrogens is 208 g/mol. The SMILES string of the molecule is CC(CCC(=O)O)CNC(=O)C1CCNC1. The van der Waals surface area contributed by atoms with Crippen LogP contribution in [0, 0.1) is 11.8 Å². The van der Waals surface area contributed by atoms with Crippen LogP contribution < -0.4 is 10.6 Å². The summed E-state index contributed by atoms with van der Waals surface area (Å²) in [5.74, 6) is -0.383. The molecule has 0 aromatic rings. The maximum atomic E-state index is 11.6. The molecule has 1 heterocycles. The van der Waals surface area contributed by atoms with Crippen molar-refractivity contribution in [3.05, 3.63) is 0 Å². The van der Waals surface area contributed by atoms with Gasteiger partial charge in [-0.15, -0.1) is 0 Å². The Labute approximate surface area is 95.6 Å². The van der Waals surface area contributed by atoms with Gasteiger partial charge in [-0.05, 0) is 25.3 Å². The van der Waals surface area contributed by atoms with Crippen LogP contribution in [0.5, 0.6) is 0 Å². The largest absolute Gasteiger partial charge is 0.481 e. The minimum Gasteiger partial charge on any atom is -0.481 e. The normalized spacial score (nSPS) is 21.7. The number of carbonyl (C=O) groups is 2. The third-order valence-electron chi connectivity index (χ3n) is 2.91. The van der Waals surface area contributed by atoms with Crippen molar-refractivity contribution in [1.29, 1.82) is 0 Å². The van der Waals surface area contributed by atoms with E-state index < -0.39 is 5.97 Å². The van der Waals surface area contributed by atoms with E-state index in [-0.39, 0.29) is 24.2 Å². The van der Waals surface area contributed by atoms with Crippen molar-refractivity contribution in [1.82, 2.24) is 10.6 Å². The van der Waals surface area contributed by atoms with E-state index in [0.29, 0.717) is 13.0 Å². The fourth-order valence-electron chi connectivity index (χ4n) is 1.77. The van der Waals surface area contributed by atoms with E-state index >= 15 is 0 Å². The Balaban J connectivity index is 2.12. The van der Waals surface area contributed by atoms with Gasteiger partial charge in [-0.2, -0.15) is 0 Å². The number of nitrogens with one attached hydrogen (secondary N) is 2. The molecule has 1 amide bonds. The summed E-state index contributed by atoms with van der Waals surface area (Å²) < 4.78 is 0. The molecule has 5 heteroatoms.